The maximum absolute atomic E-state index is 14.9. The van der Waals surface area contributed by atoms with Crippen molar-refractivity contribution in [1.29, 1.82) is 0 Å². The van der Waals surface area contributed by atoms with Crippen molar-refractivity contribution >= 4 is 13.3 Å². The van der Waals surface area contributed by atoms with E-state index in [1.165, 1.54) is 0 Å². The van der Waals surface area contributed by atoms with Crippen molar-refractivity contribution < 1.29 is 18.3 Å². The Morgan fingerprint density at radius 2 is 1.31 bits per heavy atom. The second-order valence-corrected chi connectivity index (χ2v) is 10.8. The second kappa shape index (κ2) is 11.1. The van der Waals surface area contributed by atoms with Gasteiger partial charge in [-0.2, -0.15) is 0 Å². The standard InChI is InChI=1S/C30H30NO4P/c1-33-29-19-11-10-18-28(29)31-21-20-26-16-8-9-17-27(26)30(31)36(32,34-22-24-12-4-2-5-13-24)35-23-25-14-6-3-7-15-25/h2-19,30H,20-23H2,1H3. The fourth-order valence-corrected chi connectivity index (χ4v) is 6.85. The van der Waals surface area contributed by atoms with Crippen molar-refractivity contribution in [2.75, 3.05) is 18.6 Å². The van der Waals surface area contributed by atoms with Crippen molar-refractivity contribution in [3.8, 4) is 5.75 Å². The third kappa shape index (κ3) is 5.24. The van der Waals surface area contributed by atoms with Gasteiger partial charge in [-0.05, 0) is 40.8 Å². The van der Waals surface area contributed by atoms with Gasteiger partial charge in [-0.3, -0.25) is 4.57 Å². The van der Waals surface area contributed by atoms with E-state index in [-0.39, 0.29) is 13.2 Å². The number of nitrogens with zero attached hydrogens (tertiary/aromatic N) is 1. The molecule has 1 heterocycles. The topological polar surface area (TPSA) is 48.0 Å². The van der Waals surface area contributed by atoms with Crippen molar-refractivity contribution in [3.63, 3.8) is 0 Å². The Balaban J connectivity index is 1.58. The third-order valence-corrected chi connectivity index (χ3v) is 8.59. The Morgan fingerprint density at radius 3 is 1.94 bits per heavy atom. The van der Waals surface area contributed by atoms with Gasteiger partial charge in [-0.25, -0.2) is 0 Å². The lowest BCUT2D eigenvalue weighted by atomic mass is 9.99. The molecule has 184 valence electrons. The summed E-state index contributed by atoms with van der Waals surface area (Å²) >= 11 is 0. The molecule has 36 heavy (non-hydrogen) atoms. The van der Waals surface area contributed by atoms with Gasteiger partial charge in [0.25, 0.3) is 0 Å². The Hall–Kier alpha value is -3.37. The van der Waals surface area contributed by atoms with E-state index in [0.29, 0.717) is 6.54 Å². The van der Waals surface area contributed by atoms with Gasteiger partial charge in [0.1, 0.15) is 5.75 Å². The lowest BCUT2D eigenvalue weighted by Gasteiger charge is -2.42. The van der Waals surface area contributed by atoms with Gasteiger partial charge >= 0.3 is 7.60 Å². The maximum Gasteiger partial charge on any atom is 0.358 e. The van der Waals surface area contributed by atoms with Gasteiger partial charge in [0.2, 0.25) is 0 Å². The van der Waals surface area contributed by atoms with Crippen LogP contribution in [0.15, 0.2) is 109 Å². The summed E-state index contributed by atoms with van der Waals surface area (Å²) in [5.74, 6) is 0.103. The number of benzene rings is 4. The first kappa shape index (κ1) is 24.3. The lowest BCUT2D eigenvalue weighted by Crippen LogP contribution is -2.36. The summed E-state index contributed by atoms with van der Waals surface area (Å²) in [4.78, 5) is 2.12. The molecule has 0 aromatic heterocycles. The monoisotopic (exact) mass is 499 g/mol. The Bertz CT molecular complexity index is 1280. The molecule has 0 amide bonds. The molecule has 0 saturated heterocycles. The molecule has 0 fully saturated rings. The zero-order valence-corrected chi connectivity index (χ0v) is 21.2. The van der Waals surface area contributed by atoms with Crippen molar-refractivity contribution in [2.24, 2.45) is 0 Å². The number of anilines is 1. The van der Waals surface area contributed by atoms with Crippen molar-refractivity contribution in [1.82, 2.24) is 0 Å². The molecule has 6 heteroatoms. The maximum atomic E-state index is 14.9. The first-order chi connectivity index (χ1) is 17.7. The average Bonchev–Trinajstić information content (AvgIpc) is 2.95. The van der Waals surface area contributed by atoms with Crippen LogP contribution in [0.5, 0.6) is 5.75 Å². The smallest absolute Gasteiger partial charge is 0.358 e. The van der Waals surface area contributed by atoms with Crippen LogP contribution in [-0.2, 0) is 33.2 Å². The number of methoxy groups -OCH3 is 1. The summed E-state index contributed by atoms with van der Waals surface area (Å²) in [6.45, 7) is 1.03. The first-order valence-electron chi connectivity index (χ1n) is 12.1. The molecule has 5 nitrogen and oxygen atoms in total. The number of hydrogen-bond acceptors (Lipinski definition) is 5. The number of ether oxygens (including phenoxy) is 1. The fourth-order valence-electron chi connectivity index (χ4n) is 4.66. The molecule has 1 aliphatic heterocycles. The molecule has 4 aromatic carbocycles. The van der Waals surface area contributed by atoms with Gasteiger partial charge in [-0.15, -0.1) is 0 Å². The van der Waals surface area contributed by atoms with E-state index in [0.717, 1.165) is 40.1 Å². The Morgan fingerprint density at radius 1 is 0.750 bits per heavy atom. The van der Waals surface area contributed by atoms with Gasteiger partial charge in [0.05, 0.1) is 26.0 Å². The van der Waals surface area contributed by atoms with E-state index in [1.807, 2.05) is 103 Å². The predicted molar refractivity (Wildman–Crippen MR) is 143 cm³/mol. The van der Waals surface area contributed by atoms with Crippen LogP contribution in [0.1, 0.15) is 28.0 Å². The summed E-state index contributed by atoms with van der Waals surface area (Å²) in [6.07, 6.45) is 0.822. The molecule has 0 bridgehead atoms. The average molecular weight is 500 g/mol. The van der Waals surface area contributed by atoms with E-state index in [9.17, 15) is 4.57 Å². The van der Waals surface area contributed by atoms with E-state index < -0.39 is 13.4 Å². The van der Waals surface area contributed by atoms with Crippen LogP contribution in [0.3, 0.4) is 0 Å². The van der Waals surface area contributed by atoms with Crippen LogP contribution in [0.25, 0.3) is 0 Å². The zero-order chi connectivity index (χ0) is 24.8. The van der Waals surface area contributed by atoms with Crippen LogP contribution in [0, 0.1) is 0 Å². The number of fused-ring (bicyclic) bond motifs is 1. The Kier molecular flexibility index (Phi) is 7.52. The van der Waals surface area contributed by atoms with Gasteiger partial charge < -0.3 is 18.7 Å². The molecule has 1 aliphatic rings. The molecule has 1 unspecified atom stereocenters. The van der Waals surface area contributed by atoms with E-state index >= 15 is 0 Å². The molecule has 0 spiro atoms. The van der Waals surface area contributed by atoms with Crippen molar-refractivity contribution in [2.45, 2.75) is 25.4 Å². The molecule has 0 saturated carbocycles. The fraction of sp³-hybridized carbons (Fsp3) is 0.200. The third-order valence-electron chi connectivity index (χ3n) is 6.45. The number of para-hydroxylation sites is 2. The summed E-state index contributed by atoms with van der Waals surface area (Å²) in [5, 5.41) is 0. The largest absolute Gasteiger partial charge is 0.495 e. The summed E-state index contributed by atoms with van der Waals surface area (Å²) < 4.78 is 33.2. The minimum atomic E-state index is -3.74. The minimum absolute atomic E-state index is 0.186. The van der Waals surface area contributed by atoms with Crippen molar-refractivity contribution in [3.05, 3.63) is 131 Å². The summed E-state index contributed by atoms with van der Waals surface area (Å²) in [7, 11) is -2.08. The molecular formula is C30H30NO4P. The minimum Gasteiger partial charge on any atom is -0.495 e. The summed E-state index contributed by atoms with van der Waals surface area (Å²) in [5.41, 5.74) is 4.86. The first-order valence-corrected chi connectivity index (χ1v) is 13.7. The van der Waals surface area contributed by atoms with Crippen LogP contribution >= 0.6 is 7.60 Å². The number of hydrogen-bond donors (Lipinski definition) is 0. The SMILES string of the molecule is COc1ccccc1N1CCc2ccccc2C1P(=O)(OCc1ccccc1)OCc1ccccc1. The van der Waals surface area contributed by atoms with E-state index in [4.69, 9.17) is 13.8 Å². The highest BCUT2D eigenvalue weighted by Crippen LogP contribution is 2.65. The highest BCUT2D eigenvalue weighted by Gasteiger charge is 2.45. The molecular weight excluding hydrogens is 469 g/mol. The normalized spacial score (nSPS) is 15.4. The summed E-state index contributed by atoms with van der Waals surface area (Å²) in [6, 6.07) is 35.5. The highest BCUT2D eigenvalue weighted by atomic mass is 31.2. The lowest BCUT2D eigenvalue weighted by molar-refractivity contribution is 0.182. The van der Waals surface area contributed by atoms with Crippen LogP contribution < -0.4 is 9.64 Å². The molecule has 0 N–H and O–H groups in total. The van der Waals surface area contributed by atoms with Crippen LogP contribution in [0.4, 0.5) is 5.69 Å². The van der Waals surface area contributed by atoms with E-state index in [1.54, 1.807) is 7.11 Å². The zero-order valence-electron chi connectivity index (χ0n) is 20.3. The number of rotatable bonds is 9. The molecule has 0 radical (unpaired) electrons. The molecule has 4 aromatic rings. The van der Waals surface area contributed by atoms with Gasteiger partial charge in [-0.1, -0.05) is 97.1 Å². The van der Waals surface area contributed by atoms with Crippen LogP contribution in [-0.4, -0.2) is 13.7 Å². The molecule has 0 aliphatic carbocycles. The molecule has 5 rings (SSSR count). The van der Waals surface area contributed by atoms with Crippen LogP contribution in [0.2, 0.25) is 0 Å². The predicted octanol–water partition coefficient (Wildman–Crippen LogP) is 7.38. The second-order valence-electron chi connectivity index (χ2n) is 8.75. The Labute approximate surface area is 212 Å². The quantitative estimate of drug-likeness (QED) is 0.225. The molecule has 1 atom stereocenters. The highest BCUT2D eigenvalue weighted by molar-refractivity contribution is 7.54. The van der Waals surface area contributed by atoms with Gasteiger partial charge in [0.15, 0.2) is 5.78 Å². The van der Waals surface area contributed by atoms with Gasteiger partial charge in [0, 0.05) is 6.54 Å². The van der Waals surface area contributed by atoms with E-state index in [2.05, 4.69) is 11.0 Å².